The molecule has 1 aliphatic rings. The van der Waals surface area contributed by atoms with Crippen LogP contribution in [0.15, 0.2) is 76.2 Å². The molecule has 2 amide bonds. The molecule has 0 saturated heterocycles. The fourth-order valence-corrected chi connectivity index (χ4v) is 4.06. The second-order valence-electron chi connectivity index (χ2n) is 6.89. The van der Waals surface area contributed by atoms with Gasteiger partial charge in [-0.3, -0.25) is 9.59 Å². The van der Waals surface area contributed by atoms with Crippen LogP contribution in [0.3, 0.4) is 0 Å². The number of hydrogen-bond donors (Lipinski definition) is 3. The number of hydrogen-bond acceptors (Lipinski definition) is 5. The van der Waals surface area contributed by atoms with E-state index in [2.05, 4.69) is 15.4 Å². The van der Waals surface area contributed by atoms with Gasteiger partial charge in [0.15, 0.2) is 5.76 Å². The van der Waals surface area contributed by atoms with Gasteiger partial charge in [0, 0.05) is 23.0 Å². The zero-order valence-corrected chi connectivity index (χ0v) is 16.6. The van der Waals surface area contributed by atoms with E-state index < -0.39 is 21.8 Å². The predicted molar refractivity (Wildman–Crippen MR) is 111 cm³/mol. The van der Waals surface area contributed by atoms with Crippen molar-refractivity contribution in [2.24, 2.45) is 0 Å². The van der Waals surface area contributed by atoms with Crippen LogP contribution in [0.1, 0.15) is 33.8 Å². The summed E-state index contributed by atoms with van der Waals surface area (Å²) < 4.78 is 32.1. The topological polar surface area (TPSA) is 118 Å². The first-order valence-corrected chi connectivity index (χ1v) is 10.8. The van der Waals surface area contributed by atoms with Crippen LogP contribution in [0.2, 0.25) is 0 Å². The molecule has 9 heteroatoms. The van der Waals surface area contributed by atoms with Crippen molar-refractivity contribution in [2.45, 2.75) is 23.8 Å². The van der Waals surface area contributed by atoms with Gasteiger partial charge >= 0.3 is 0 Å². The molecule has 8 nitrogen and oxygen atoms in total. The Bertz CT molecular complexity index is 1170. The van der Waals surface area contributed by atoms with Crippen molar-refractivity contribution in [3.05, 3.63) is 78.3 Å². The standard InChI is InChI=1S/C21H19N3O5S/c25-20(14-6-10-18(11-7-14)30(27,28)24-15-8-9-15)22-16-3-1-4-17(13-16)23-21(26)19-5-2-12-29-19/h1-7,10-13,15,24H,8-9H2,(H,22,25)(H,23,26). The number of sulfonamides is 1. The van der Waals surface area contributed by atoms with Crippen LogP contribution in [0.5, 0.6) is 0 Å². The molecule has 154 valence electrons. The molecule has 0 spiro atoms. The Morgan fingerprint density at radius 3 is 2.13 bits per heavy atom. The van der Waals surface area contributed by atoms with Crippen LogP contribution in [-0.4, -0.2) is 26.3 Å². The first-order chi connectivity index (χ1) is 14.4. The van der Waals surface area contributed by atoms with Crippen molar-refractivity contribution in [2.75, 3.05) is 10.6 Å². The van der Waals surface area contributed by atoms with Crippen molar-refractivity contribution in [3.63, 3.8) is 0 Å². The summed E-state index contributed by atoms with van der Waals surface area (Å²) in [6.07, 6.45) is 3.10. The summed E-state index contributed by atoms with van der Waals surface area (Å²) >= 11 is 0. The van der Waals surface area contributed by atoms with E-state index in [0.717, 1.165) is 12.8 Å². The highest BCUT2D eigenvalue weighted by Crippen LogP contribution is 2.22. The summed E-state index contributed by atoms with van der Waals surface area (Å²) in [5.74, 6) is -0.626. The molecule has 1 saturated carbocycles. The van der Waals surface area contributed by atoms with Gasteiger partial charge in [-0.05, 0) is 67.4 Å². The monoisotopic (exact) mass is 425 g/mol. The van der Waals surface area contributed by atoms with Gasteiger partial charge in [0.05, 0.1) is 11.2 Å². The third kappa shape index (κ3) is 4.76. The first-order valence-electron chi connectivity index (χ1n) is 9.29. The Morgan fingerprint density at radius 1 is 0.867 bits per heavy atom. The predicted octanol–water partition coefficient (Wildman–Crippen LogP) is 3.22. The summed E-state index contributed by atoms with van der Waals surface area (Å²) in [7, 11) is -3.56. The van der Waals surface area contributed by atoms with Crippen LogP contribution in [0, 0.1) is 0 Å². The molecule has 0 atom stereocenters. The maximum atomic E-state index is 12.5. The van der Waals surface area contributed by atoms with Crippen molar-refractivity contribution < 1.29 is 22.4 Å². The molecule has 3 aromatic rings. The summed E-state index contributed by atoms with van der Waals surface area (Å²) in [5, 5.41) is 5.41. The normalized spacial score (nSPS) is 13.6. The van der Waals surface area contributed by atoms with E-state index in [1.165, 1.54) is 30.5 Å². The van der Waals surface area contributed by atoms with Crippen LogP contribution in [0.4, 0.5) is 11.4 Å². The largest absolute Gasteiger partial charge is 0.459 e. The molecule has 0 unspecified atom stereocenters. The lowest BCUT2D eigenvalue weighted by Crippen LogP contribution is -2.25. The van der Waals surface area contributed by atoms with E-state index in [0.29, 0.717) is 16.9 Å². The summed E-state index contributed by atoms with van der Waals surface area (Å²) in [5.41, 5.74) is 1.27. The Hall–Kier alpha value is -3.43. The molecular formula is C21H19N3O5S. The molecular weight excluding hydrogens is 406 g/mol. The zero-order chi connectivity index (χ0) is 21.1. The number of carbonyl (C=O) groups excluding carboxylic acids is 2. The fourth-order valence-electron chi connectivity index (χ4n) is 2.75. The van der Waals surface area contributed by atoms with Gasteiger partial charge in [0.1, 0.15) is 0 Å². The highest BCUT2D eigenvalue weighted by Gasteiger charge is 2.28. The van der Waals surface area contributed by atoms with Crippen LogP contribution >= 0.6 is 0 Å². The average Bonchev–Trinajstić information content (AvgIpc) is 3.35. The SMILES string of the molecule is O=C(Nc1cccc(NC(=O)c2ccco2)c1)c1ccc(S(=O)(=O)NC2CC2)cc1. The van der Waals surface area contributed by atoms with E-state index in [-0.39, 0.29) is 16.7 Å². The maximum absolute atomic E-state index is 12.5. The molecule has 2 aromatic carbocycles. The second kappa shape index (κ2) is 8.13. The number of rotatable bonds is 7. The highest BCUT2D eigenvalue weighted by molar-refractivity contribution is 7.89. The number of nitrogens with one attached hydrogen (secondary N) is 3. The lowest BCUT2D eigenvalue weighted by atomic mass is 10.2. The zero-order valence-electron chi connectivity index (χ0n) is 15.8. The van der Waals surface area contributed by atoms with Crippen molar-refractivity contribution in [3.8, 4) is 0 Å². The minimum Gasteiger partial charge on any atom is -0.459 e. The molecule has 0 radical (unpaired) electrons. The summed E-state index contributed by atoms with van der Waals surface area (Å²) in [6.45, 7) is 0. The Labute approximate surface area is 173 Å². The number of anilines is 2. The number of benzene rings is 2. The van der Waals surface area contributed by atoms with Gasteiger partial charge in [0.25, 0.3) is 11.8 Å². The first kappa shape index (κ1) is 19.9. The number of amides is 2. The number of furan rings is 1. The van der Waals surface area contributed by atoms with Crippen LogP contribution in [-0.2, 0) is 10.0 Å². The Kier molecular flexibility index (Phi) is 5.39. The van der Waals surface area contributed by atoms with E-state index in [1.54, 1.807) is 36.4 Å². The average molecular weight is 425 g/mol. The van der Waals surface area contributed by atoms with Crippen molar-refractivity contribution >= 4 is 33.2 Å². The second-order valence-corrected chi connectivity index (χ2v) is 8.60. The van der Waals surface area contributed by atoms with E-state index in [1.807, 2.05) is 0 Å². The van der Waals surface area contributed by atoms with E-state index >= 15 is 0 Å². The fraction of sp³-hybridized carbons (Fsp3) is 0.143. The molecule has 1 heterocycles. The molecule has 0 aliphatic heterocycles. The lowest BCUT2D eigenvalue weighted by Gasteiger charge is -2.09. The van der Waals surface area contributed by atoms with Crippen molar-refractivity contribution in [1.29, 1.82) is 0 Å². The summed E-state index contributed by atoms with van der Waals surface area (Å²) in [4.78, 5) is 24.7. The summed E-state index contributed by atoms with van der Waals surface area (Å²) in [6, 6.07) is 15.6. The van der Waals surface area contributed by atoms with E-state index in [9.17, 15) is 18.0 Å². The molecule has 0 bridgehead atoms. The molecule has 3 N–H and O–H groups in total. The van der Waals surface area contributed by atoms with Crippen LogP contribution in [0.25, 0.3) is 0 Å². The minimum absolute atomic E-state index is 0.0125. The minimum atomic E-state index is -3.56. The molecule has 4 rings (SSSR count). The van der Waals surface area contributed by atoms with Gasteiger partial charge in [-0.2, -0.15) is 0 Å². The van der Waals surface area contributed by atoms with Gasteiger partial charge in [-0.25, -0.2) is 13.1 Å². The van der Waals surface area contributed by atoms with E-state index in [4.69, 9.17) is 4.42 Å². The molecule has 1 aliphatic carbocycles. The maximum Gasteiger partial charge on any atom is 0.291 e. The highest BCUT2D eigenvalue weighted by atomic mass is 32.2. The Morgan fingerprint density at radius 2 is 1.53 bits per heavy atom. The van der Waals surface area contributed by atoms with Crippen LogP contribution < -0.4 is 15.4 Å². The van der Waals surface area contributed by atoms with Gasteiger partial charge in [-0.1, -0.05) is 6.07 Å². The van der Waals surface area contributed by atoms with Gasteiger partial charge in [0.2, 0.25) is 10.0 Å². The third-order valence-electron chi connectivity index (χ3n) is 4.45. The number of carbonyl (C=O) groups is 2. The molecule has 1 fully saturated rings. The Balaban J connectivity index is 1.41. The molecule has 30 heavy (non-hydrogen) atoms. The van der Waals surface area contributed by atoms with Crippen molar-refractivity contribution in [1.82, 2.24) is 4.72 Å². The third-order valence-corrected chi connectivity index (χ3v) is 5.99. The smallest absolute Gasteiger partial charge is 0.291 e. The molecule has 1 aromatic heterocycles. The quantitative estimate of drug-likeness (QED) is 0.537. The van der Waals surface area contributed by atoms with Gasteiger partial charge < -0.3 is 15.1 Å². The van der Waals surface area contributed by atoms with Gasteiger partial charge in [-0.15, -0.1) is 0 Å². The lowest BCUT2D eigenvalue weighted by molar-refractivity contribution is 0.0995.